The van der Waals surface area contributed by atoms with Gasteiger partial charge in [-0.15, -0.1) is 0 Å². The summed E-state index contributed by atoms with van der Waals surface area (Å²) < 4.78 is 27.5. The van der Waals surface area contributed by atoms with Crippen molar-refractivity contribution >= 4 is 17.4 Å². The number of rotatable bonds is 8. The molecule has 0 spiro atoms. The fourth-order valence-corrected chi connectivity index (χ4v) is 3.15. The number of nitrogens with zero attached hydrogens (tertiary/aromatic N) is 4. The van der Waals surface area contributed by atoms with Crippen molar-refractivity contribution in [2.75, 3.05) is 11.9 Å². The van der Waals surface area contributed by atoms with Gasteiger partial charge in [0.15, 0.2) is 6.61 Å². The summed E-state index contributed by atoms with van der Waals surface area (Å²) in [5.74, 6) is 0.0425. The van der Waals surface area contributed by atoms with E-state index >= 15 is 0 Å². The van der Waals surface area contributed by atoms with Crippen molar-refractivity contribution in [1.82, 2.24) is 19.2 Å². The van der Waals surface area contributed by atoms with E-state index in [9.17, 15) is 14.0 Å². The summed E-state index contributed by atoms with van der Waals surface area (Å²) in [6, 6.07) is 13.8. The van der Waals surface area contributed by atoms with Gasteiger partial charge in [0.1, 0.15) is 30.3 Å². The van der Waals surface area contributed by atoms with Crippen LogP contribution in [0.5, 0.6) is 11.5 Å². The summed E-state index contributed by atoms with van der Waals surface area (Å²) in [5, 5.41) is 2.70. The molecular formula is C23H22FN5O4. The lowest BCUT2D eigenvalue weighted by Crippen LogP contribution is -2.23. The Hall–Kier alpha value is -4.21. The topological polar surface area (TPSA) is 99.8 Å². The maximum atomic E-state index is 13.2. The molecule has 2 aromatic carbocycles. The number of aromatic nitrogens is 4. The maximum Gasteiger partial charge on any atom is 0.274 e. The molecule has 0 bridgehead atoms. The molecule has 0 atom stereocenters. The van der Waals surface area contributed by atoms with Crippen molar-refractivity contribution in [3.8, 4) is 11.5 Å². The number of hydrogen-bond acceptors (Lipinski definition) is 6. The number of carbonyl (C=O) groups excluding carboxylic acids is 1. The van der Waals surface area contributed by atoms with E-state index in [0.29, 0.717) is 17.1 Å². The molecule has 9 nitrogen and oxygen atoms in total. The number of hydrogen-bond donors (Lipinski definition) is 1. The molecule has 0 saturated heterocycles. The molecule has 0 aliphatic heterocycles. The van der Waals surface area contributed by atoms with E-state index in [1.165, 1.54) is 28.8 Å². The summed E-state index contributed by atoms with van der Waals surface area (Å²) in [4.78, 5) is 33.4. The number of ether oxygens (including phenoxy) is 2. The lowest BCUT2D eigenvalue weighted by Gasteiger charge is -2.13. The molecular weight excluding hydrogens is 429 g/mol. The van der Waals surface area contributed by atoms with Crippen LogP contribution in [0.25, 0.3) is 5.78 Å². The zero-order valence-electron chi connectivity index (χ0n) is 18.1. The molecule has 10 heteroatoms. The Kier molecular flexibility index (Phi) is 6.34. The Morgan fingerprint density at radius 2 is 1.94 bits per heavy atom. The van der Waals surface area contributed by atoms with Gasteiger partial charge >= 0.3 is 0 Å². The smallest absolute Gasteiger partial charge is 0.274 e. The largest absolute Gasteiger partial charge is 0.485 e. The first-order valence-electron chi connectivity index (χ1n) is 10.3. The lowest BCUT2D eigenvalue weighted by atomic mass is 10.3. The van der Waals surface area contributed by atoms with E-state index in [1.54, 1.807) is 41.3 Å². The monoisotopic (exact) mass is 451 g/mol. The predicted molar refractivity (Wildman–Crippen MR) is 119 cm³/mol. The van der Waals surface area contributed by atoms with Crippen molar-refractivity contribution in [1.29, 1.82) is 0 Å². The average Bonchev–Trinajstić information content (AvgIpc) is 3.22. The van der Waals surface area contributed by atoms with E-state index in [2.05, 4.69) is 15.3 Å². The highest BCUT2D eigenvalue weighted by molar-refractivity contribution is 5.93. The van der Waals surface area contributed by atoms with E-state index in [0.717, 1.165) is 0 Å². The van der Waals surface area contributed by atoms with Crippen LogP contribution in [-0.4, -0.2) is 31.7 Å². The number of nitrogens with one attached hydrogen (secondary N) is 1. The first-order chi connectivity index (χ1) is 15.9. The van der Waals surface area contributed by atoms with E-state index < -0.39 is 11.7 Å². The highest BCUT2D eigenvalue weighted by Crippen LogP contribution is 2.24. The zero-order chi connectivity index (χ0) is 23.4. The average molecular weight is 451 g/mol. The fourth-order valence-electron chi connectivity index (χ4n) is 3.15. The molecule has 4 rings (SSSR count). The molecule has 0 saturated carbocycles. The van der Waals surface area contributed by atoms with E-state index in [1.807, 2.05) is 13.8 Å². The SMILES string of the molecule is CC(C)n1cnc2nc(COc3ccccc3NC(=O)COc3cccc(F)c3)cc(=O)n21. The molecule has 4 aromatic rings. The van der Waals surface area contributed by atoms with Crippen molar-refractivity contribution in [2.45, 2.75) is 26.5 Å². The van der Waals surface area contributed by atoms with Crippen LogP contribution in [0.4, 0.5) is 10.1 Å². The highest BCUT2D eigenvalue weighted by Gasteiger charge is 2.12. The van der Waals surface area contributed by atoms with Crippen LogP contribution in [0.2, 0.25) is 0 Å². The zero-order valence-corrected chi connectivity index (χ0v) is 18.1. The standard InChI is InChI=1S/C23H22FN5O4/c1-15(2)28-14-25-23-26-17(11-22(31)29(23)28)12-33-20-9-4-3-8-19(20)27-21(30)13-32-18-7-5-6-16(24)10-18/h3-11,14-15H,12-13H2,1-2H3,(H,27,30). The summed E-state index contributed by atoms with van der Waals surface area (Å²) in [6.07, 6.45) is 1.57. The number of anilines is 1. The van der Waals surface area contributed by atoms with Gasteiger partial charge in [0.25, 0.3) is 17.2 Å². The van der Waals surface area contributed by atoms with Crippen LogP contribution in [-0.2, 0) is 11.4 Å². The minimum atomic E-state index is -0.450. The number of carbonyl (C=O) groups is 1. The van der Waals surface area contributed by atoms with Crippen molar-refractivity contribution in [2.24, 2.45) is 0 Å². The number of fused-ring (bicyclic) bond motifs is 1. The number of para-hydroxylation sites is 2. The van der Waals surface area contributed by atoms with Crippen LogP contribution in [0.3, 0.4) is 0 Å². The molecule has 0 aliphatic rings. The molecule has 1 N–H and O–H groups in total. The van der Waals surface area contributed by atoms with E-state index in [-0.39, 0.29) is 36.3 Å². The molecule has 170 valence electrons. The minimum Gasteiger partial charge on any atom is -0.485 e. The molecule has 0 radical (unpaired) electrons. The van der Waals surface area contributed by atoms with Gasteiger partial charge in [-0.3, -0.25) is 14.3 Å². The normalized spacial score (nSPS) is 11.0. The van der Waals surface area contributed by atoms with Crippen LogP contribution in [0.1, 0.15) is 25.6 Å². The van der Waals surface area contributed by atoms with E-state index in [4.69, 9.17) is 9.47 Å². The maximum absolute atomic E-state index is 13.2. The molecule has 0 aliphatic carbocycles. The quantitative estimate of drug-likeness (QED) is 0.442. The third-order valence-corrected chi connectivity index (χ3v) is 4.69. The number of halogens is 1. The number of benzene rings is 2. The summed E-state index contributed by atoms with van der Waals surface area (Å²) in [6.45, 7) is 3.59. The van der Waals surface area contributed by atoms with Gasteiger partial charge in [0.05, 0.1) is 11.4 Å². The fraction of sp³-hybridized carbons (Fsp3) is 0.217. The summed E-state index contributed by atoms with van der Waals surface area (Å²) in [5.41, 5.74) is 0.567. The van der Waals surface area contributed by atoms with Gasteiger partial charge in [-0.1, -0.05) is 18.2 Å². The Balaban J connectivity index is 1.42. The second kappa shape index (κ2) is 9.51. The predicted octanol–water partition coefficient (Wildman–Crippen LogP) is 3.21. The van der Waals surface area contributed by atoms with Gasteiger partial charge < -0.3 is 14.8 Å². The second-order valence-electron chi connectivity index (χ2n) is 7.49. The van der Waals surface area contributed by atoms with Crippen molar-refractivity contribution < 1.29 is 18.7 Å². The molecule has 2 heterocycles. The summed E-state index contributed by atoms with van der Waals surface area (Å²) >= 11 is 0. The first-order valence-corrected chi connectivity index (χ1v) is 10.3. The van der Waals surface area contributed by atoms with Crippen molar-refractivity contribution in [3.05, 3.63) is 82.8 Å². The van der Waals surface area contributed by atoms with Crippen LogP contribution >= 0.6 is 0 Å². The molecule has 33 heavy (non-hydrogen) atoms. The second-order valence-corrected chi connectivity index (χ2v) is 7.49. The first kappa shape index (κ1) is 22.0. The highest BCUT2D eigenvalue weighted by atomic mass is 19.1. The van der Waals surface area contributed by atoms with Crippen molar-refractivity contribution in [3.63, 3.8) is 0 Å². The third kappa shape index (κ3) is 5.17. The van der Waals surface area contributed by atoms with Gasteiger partial charge in [-0.25, -0.2) is 9.37 Å². The summed E-state index contributed by atoms with van der Waals surface area (Å²) in [7, 11) is 0. The van der Waals surface area contributed by atoms with Crippen LogP contribution in [0.15, 0.2) is 65.7 Å². The van der Waals surface area contributed by atoms with Gasteiger partial charge in [0.2, 0.25) is 0 Å². The van der Waals surface area contributed by atoms with Crippen LogP contribution in [0, 0.1) is 5.82 Å². The minimum absolute atomic E-state index is 0.00690. The lowest BCUT2D eigenvalue weighted by molar-refractivity contribution is -0.118. The Morgan fingerprint density at radius 3 is 2.73 bits per heavy atom. The molecule has 0 fully saturated rings. The number of amides is 1. The molecule has 2 aromatic heterocycles. The molecule has 0 unspecified atom stereocenters. The van der Waals surface area contributed by atoms with Crippen LogP contribution < -0.4 is 20.3 Å². The van der Waals surface area contributed by atoms with Gasteiger partial charge in [0, 0.05) is 18.2 Å². The van der Waals surface area contributed by atoms with Gasteiger partial charge in [-0.2, -0.15) is 9.50 Å². The Morgan fingerprint density at radius 1 is 1.12 bits per heavy atom. The Bertz CT molecular complexity index is 1350. The Labute approximate surface area is 188 Å². The third-order valence-electron chi connectivity index (χ3n) is 4.69. The van der Waals surface area contributed by atoms with Gasteiger partial charge in [-0.05, 0) is 38.1 Å². The molecule has 1 amide bonds.